The third-order valence-corrected chi connectivity index (χ3v) is 2.65. The Labute approximate surface area is 84.1 Å². The zero-order chi connectivity index (χ0) is 9.26. The number of oxime groups is 1. The van der Waals surface area contributed by atoms with Gasteiger partial charge >= 0.3 is 0 Å². The first-order chi connectivity index (χ1) is 6.33. The third kappa shape index (κ3) is 1.42. The van der Waals surface area contributed by atoms with Crippen molar-refractivity contribution in [1.82, 2.24) is 0 Å². The van der Waals surface area contributed by atoms with Gasteiger partial charge in [-0.05, 0) is 12.1 Å². The number of fused-ring (bicyclic) bond motifs is 1. The van der Waals surface area contributed by atoms with E-state index in [1.807, 2.05) is 24.3 Å². The van der Waals surface area contributed by atoms with Gasteiger partial charge in [-0.2, -0.15) is 0 Å². The fourth-order valence-corrected chi connectivity index (χ4v) is 1.80. The summed E-state index contributed by atoms with van der Waals surface area (Å²) in [6.45, 7) is 0.496. The van der Waals surface area contributed by atoms with E-state index in [4.69, 9.17) is 9.94 Å². The summed E-state index contributed by atoms with van der Waals surface area (Å²) < 4.78 is 5.43. The standard InChI is InChI=1S/C9H8BrNO2/c10-7-5-13-8-4-2-1-3-6(8)9(7)11-12/h1-4,7,12H,5H2/b11-9+. The molecule has 1 aromatic rings. The summed E-state index contributed by atoms with van der Waals surface area (Å²) in [7, 11) is 0. The first-order valence-electron chi connectivity index (χ1n) is 3.91. The van der Waals surface area contributed by atoms with Gasteiger partial charge in [-0.15, -0.1) is 0 Å². The molecule has 0 saturated carbocycles. The number of hydrogen-bond acceptors (Lipinski definition) is 3. The van der Waals surface area contributed by atoms with Gasteiger partial charge in [-0.25, -0.2) is 0 Å². The molecule has 0 amide bonds. The largest absolute Gasteiger partial charge is 0.491 e. The maximum absolute atomic E-state index is 8.81. The zero-order valence-corrected chi connectivity index (χ0v) is 8.36. The maximum Gasteiger partial charge on any atom is 0.128 e. The number of ether oxygens (including phenoxy) is 1. The zero-order valence-electron chi connectivity index (χ0n) is 6.77. The van der Waals surface area contributed by atoms with E-state index in [-0.39, 0.29) is 4.83 Å². The Bertz CT molecular complexity index is 351. The summed E-state index contributed by atoms with van der Waals surface area (Å²) >= 11 is 3.37. The molecule has 0 saturated heterocycles. The van der Waals surface area contributed by atoms with E-state index in [1.54, 1.807) is 0 Å². The molecule has 0 aromatic heterocycles. The van der Waals surface area contributed by atoms with E-state index in [2.05, 4.69) is 21.1 Å². The van der Waals surface area contributed by atoms with Gasteiger partial charge in [0.05, 0.1) is 4.83 Å². The number of benzene rings is 1. The number of nitrogens with zero attached hydrogens (tertiary/aromatic N) is 1. The first-order valence-corrected chi connectivity index (χ1v) is 4.82. The molecule has 0 bridgehead atoms. The molecule has 4 heteroatoms. The molecule has 1 aromatic carbocycles. The van der Waals surface area contributed by atoms with Gasteiger partial charge in [0.15, 0.2) is 0 Å². The molecule has 1 heterocycles. The monoisotopic (exact) mass is 241 g/mol. The summed E-state index contributed by atoms with van der Waals surface area (Å²) in [4.78, 5) is -0.0348. The van der Waals surface area contributed by atoms with Crippen molar-refractivity contribution in [3.63, 3.8) is 0 Å². The molecular formula is C9H8BrNO2. The second-order valence-corrected chi connectivity index (χ2v) is 3.87. The fourth-order valence-electron chi connectivity index (χ4n) is 1.33. The number of hydrogen-bond donors (Lipinski definition) is 1. The maximum atomic E-state index is 8.81. The van der Waals surface area contributed by atoms with E-state index in [0.717, 1.165) is 11.3 Å². The molecule has 1 aliphatic heterocycles. The molecule has 0 spiro atoms. The highest BCUT2D eigenvalue weighted by molar-refractivity contribution is 9.10. The Morgan fingerprint density at radius 1 is 1.46 bits per heavy atom. The normalized spacial score (nSPS) is 23.8. The lowest BCUT2D eigenvalue weighted by atomic mass is 10.0. The van der Waals surface area contributed by atoms with Crippen molar-refractivity contribution >= 4 is 21.6 Å². The van der Waals surface area contributed by atoms with Crippen LogP contribution in [-0.4, -0.2) is 22.4 Å². The molecule has 1 aliphatic rings. The Hall–Kier alpha value is -1.03. The van der Waals surface area contributed by atoms with Crippen LogP contribution >= 0.6 is 15.9 Å². The van der Waals surface area contributed by atoms with Crippen LogP contribution in [0.2, 0.25) is 0 Å². The average molecular weight is 242 g/mol. The number of para-hydroxylation sites is 1. The van der Waals surface area contributed by atoms with Crippen molar-refractivity contribution in [2.45, 2.75) is 4.83 Å². The average Bonchev–Trinajstić information content (AvgIpc) is 2.18. The molecule has 0 radical (unpaired) electrons. The molecule has 13 heavy (non-hydrogen) atoms. The van der Waals surface area contributed by atoms with Crippen molar-refractivity contribution in [2.75, 3.05) is 6.61 Å². The van der Waals surface area contributed by atoms with Crippen LogP contribution in [-0.2, 0) is 0 Å². The molecule has 2 rings (SSSR count). The van der Waals surface area contributed by atoms with E-state index >= 15 is 0 Å². The Morgan fingerprint density at radius 3 is 3.00 bits per heavy atom. The van der Waals surface area contributed by atoms with Crippen molar-refractivity contribution in [3.05, 3.63) is 29.8 Å². The first kappa shape index (κ1) is 8.56. The van der Waals surface area contributed by atoms with E-state index in [1.165, 1.54) is 0 Å². The smallest absolute Gasteiger partial charge is 0.128 e. The van der Waals surface area contributed by atoms with Crippen LogP contribution in [0.1, 0.15) is 5.56 Å². The van der Waals surface area contributed by atoms with E-state index in [9.17, 15) is 0 Å². The molecule has 0 fully saturated rings. The minimum atomic E-state index is -0.0348. The van der Waals surface area contributed by atoms with Crippen molar-refractivity contribution in [1.29, 1.82) is 0 Å². The van der Waals surface area contributed by atoms with Crippen LogP contribution in [0, 0.1) is 0 Å². The van der Waals surface area contributed by atoms with Crippen LogP contribution in [0.4, 0.5) is 0 Å². The summed E-state index contributed by atoms with van der Waals surface area (Å²) in [6, 6.07) is 7.51. The summed E-state index contributed by atoms with van der Waals surface area (Å²) in [5.41, 5.74) is 1.47. The lowest BCUT2D eigenvalue weighted by molar-refractivity contribution is 0.301. The Kier molecular flexibility index (Phi) is 2.22. The van der Waals surface area contributed by atoms with Gasteiger partial charge < -0.3 is 9.94 Å². The lowest BCUT2D eigenvalue weighted by Gasteiger charge is -2.21. The quantitative estimate of drug-likeness (QED) is 0.429. The summed E-state index contributed by atoms with van der Waals surface area (Å²) in [6.07, 6.45) is 0. The van der Waals surface area contributed by atoms with Crippen molar-refractivity contribution < 1.29 is 9.94 Å². The lowest BCUT2D eigenvalue weighted by Crippen LogP contribution is -2.28. The Balaban J connectivity index is 2.52. The third-order valence-electron chi connectivity index (χ3n) is 1.95. The highest BCUT2D eigenvalue weighted by Gasteiger charge is 2.24. The number of halogens is 1. The van der Waals surface area contributed by atoms with E-state index in [0.29, 0.717) is 12.3 Å². The highest BCUT2D eigenvalue weighted by Crippen LogP contribution is 2.27. The summed E-state index contributed by atoms with van der Waals surface area (Å²) in [5, 5.41) is 12.1. The number of rotatable bonds is 0. The van der Waals surface area contributed by atoms with Gasteiger partial charge in [0.25, 0.3) is 0 Å². The molecule has 1 atom stereocenters. The van der Waals surface area contributed by atoms with Gasteiger partial charge in [0, 0.05) is 5.56 Å². The predicted molar refractivity (Wildman–Crippen MR) is 53.0 cm³/mol. The van der Waals surface area contributed by atoms with Crippen LogP contribution in [0.3, 0.4) is 0 Å². The minimum absolute atomic E-state index is 0.0348. The highest BCUT2D eigenvalue weighted by atomic mass is 79.9. The van der Waals surface area contributed by atoms with Crippen LogP contribution < -0.4 is 4.74 Å². The molecule has 68 valence electrons. The van der Waals surface area contributed by atoms with Gasteiger partial charge in [-0.1, -0.05) is 33.2 Å². The predicted octanol–water partition coefficient (Wildman–Crippen LogP) is 2.02. The second-order valence-electron chi connectivity index (χ2n) is 2.76. The molecule has 1 unspecified atom stereocenters. The van der Waals surface area contributed by atoms with Gasteiger partial charge in [-0.3, -0.25) is 0 Å². The Morgan fingerprint density at radius 2 is 2.23 bits per heavy atom. The SMILES string of the molecule is O/N=C1\c2ccccc2OCC1Br. The molecule has 0 aliphatic carbocycles. The summed E-state index contributed by atoms with van der Waals surface area (Å²) in [5.74, 6) is 0.769. The topological polar surface area (TPSA) is 41.8 Å². The van der Waals surface area contributed by atoms with Crippen LogP contribution in [0.5, 0.6) is 5.75 Å². The van der Waals surface area contributed by atoms with Crippen molar-refractivity contribution in [3.8, 4) is 5.75 Å². The van der Waals surface area contributed by atoms with Crippen LogP contribution in [0.25, 0.3) is 0 Å². The van der Waals surface area contributed by atoms with Gasteiger partial charge in [0.2, 0.25) is 0 Å². The molecule has 1 N–H and O–H groups in total. The number of alkyl halides is 1. The fraction of sp³-hybridized carbons (Fsp3) is 0.222. The molecular weight excluding hydrogens is 234 g/mol. The van der Waals surface area contributed by atoms with E-state index < -0.39 is 0 Å². The second kappa shape index (κ2) is 3.38. The van der Waals surface area contributed by atoms with Crippen molar-refractivity contribution in [2.24, 2.45) is 5.16 Å². The molecule has 3 nitrogen and oxygen atoms in total. The van der Waals surface area contributed by atoms with Crippen LogP contribution in [0.15, 0.2) is 29.4 Å². The van der Waals surface area contributed by atoms with Gasteiger partial charge in [0.1, 0.15) is 18.1 Å². The minimum Gasteiger partial charge on any atom is -0.491 e.